The molecule has 81 valence electrons. The van der Waals surface area contributed by atoms with E-state index in [4.69, 9.17) is 1.37 Å². The van der Waals surface area contributed by atoms with Crippen LogP contribution in [0, 0.1) is 27.7 Å². The van der Waals surface area contributed by atoms with Crippen molar-refractivity contribution in [1.29, 1.82) is 0 Å². The van der Waals surface area contributed by atoms with E-state index in [2.05, 4.69) is 18.8 Å². The first-order valence-electron chi connectivity index (χ1n) is 5.48. The number of hydrogen-bond acceptors (Lipinski definition) is 1. The first-order valence-corrected chi connectivity index (χ1v) is 4.98. The van der Waals surface area contributed by atoms with Gasteiger partial charge in [-0.1, -0.05) is 17.3 Å². The second kappa shape index (κ2) is 4.81. The number of aryl methyl sites for hydroxylation is 2. The van der Waals surface area contributed by atoms with Gasteiger partial charge in [-0.15, -0.1) is 5.52 Å². The summed E-state index contributed by atoms with van der Waals surface area (Å²) in [5.41, 5.74) is 5.81. The Morgan fingerprint density at radius 3 is 2.25 bits per heavy atom. The molecule has 0 atom stereocenters. The van der Waals surface area contributed by atoms with Crippen molar-refractivity contribution < 1.29 is 38.9 Å². The van der Waals surface area contributed by atoms with Gasteiger partial charge < -0.3 is 4.98 Å². The topological polar surface area (TPSA) is 31.2 Å². The zero-order chi connectivity index (χ0) is 12.0. The average Bonchev–Trinajstić information content (AvgIpc) is 2.68. The summed E-state index contributed by atoms with van der Waals surface area (Å²) in [7, 11) is 0. The van der Waals surface area contributed by atoms with Crippen molar-refractivity contribution in [3.05, 3.63) is 34.0 Å². The number of hydrogen-bond donors (Lipinski definition) is 0. The molecule has 1 heterocycles. The molecule has 1 aromatic heterocycles. The molecule has 0 unspecified atom stereocenters. The van der Waals surface area contributed by atoms with Gasteiger partial charge >= 0.3 is 0 Å². The molecule has 0 aliphatic rings. The molecule has 0 spiro atoms. The Morgan fingerprint density at radius 2 is 1.69 bits per heavy atom. The van der Waals surface area contributed by atoms with E-state index < -0.39 is 6.26 Å². The Balaban J connectivity index is 0.00000144. The minimum absolute atomic E-state index is 0. The maximum Gasteiger partial charge on any atom is 0.128 e. The minimum atomic E-state index is -0.717. The number of rotatable bonds is 1. The van der Waals surface area contributed by atoms with E-state index >= 15 is 0 Å². The van der Waals surface area contributed by atoms with Crippen molar-refractivity contribution in [3.63, 3.8) is 0 Å². The Hall–Kier alpha value is -0.466. The summed E-state index contributed by atoms with van der Waals surface area (Å²) in [6.07, 6.45) is -0.717. The van der Waals surface area contributed by atoms with Gasteiger partial charge in [0, 0.05) is 32.7 Å². The van der Waals surface area contributed by atoms with Crippen LogP contribution in [0.3, 0.4) is 0 Å². The molecule has 0 amide bonds. The fourth-order valence-electron chi connectivity index (χ4n) is 1.98. The number of aldehydes is 1. The molecule has 2 aromatic rings. The zero-order valence-electron chi connectivity index (χ0n) is 11.0. The molecule has 0 aliphatic heterocycles. The van der Waals surface area contributed by atoms with Crippen molar-refractivity contribution in [2.75, 3.05) is 0 Å². The summed E-state index contributed by atoms with van der Waals surface area (Å²) < 4.78 is 7.10. The first kappa shape index (κ1) is 12.0. The Bertz CT molecular complexity index is 556. The molecule has 0 fully saturated rings. The van der Waals surface area contributed by atoms with E-state index in [1.807, 2.05) is 13.8 Å². The summed E-state index contributed by atoms with van der Waals surface area (Å²) in [6.45, 7) is 8.18. The second-order valence-corrected chi connectivity index (χ2v) is 4.01. The van der Waals surface area contributed by atoms with Crippen molar-refractivity contribution in [2.24, 2.45) is 0 Å². The van der Waals surface area contributed by atoms with Crippen LogP contribution in [0.4, 0.5) is 0 Å². The van der Waals surface area contributed by atoms with Gasteiger partial charge in [0.15, 0.2) is 0 Å². The monoisotopic (exact) mass is 290 g/mol. The molecular formula is C13H14NOY-. The predicted octanol–water partition coefficient (Wildman–Crippen LogP) is 2.84. The van der Waals surface area contributed by atoms with Crippen LogP contribution in [-0.4, -0.2) is 6.26 Å². The number of aromatic nitrogens is 1. The quantitative estimate of drug-likeness (QED) is 0.756. The Kier molecular flexibility index (Phi) is 3.61. The molecule has 16 heavy (non-hydrogen) atoms. The third-order valence-corrected chi connectivity index (χ3v) is 3.32. The number of fused-ring (bicyclic) bond motifs is 1. The van der Waals surface area contributed by atoms with E-state index in [1.165, 1.54) is 11.1 Å². The Morgan fingerprint density at radius 1 is 1.12 bits per heavy atom. The van der Waals surface area contributed by atoms with E-state index in [1.54, 1.807) is 6.07 Å². The fraction of sp³-hybridized carbons (Fsp3) is 0.308. The number of benzene rings is 1. The summed E-state index contributed by atoms with van der Waals surface area (Å²) in [6, 6.07) is 1.72. The summed E-state index contributed by atoms with van der Waals surface area (Å²) in [4.78, 5) is 15.2. The van der Waals surface area contributed by atoms with Crippen molar-refractivity contribution >= 4 is 17.2 Å². The molecule has 0 saturated heterocycles. The average molecular weight is 290 g/mol. The first-order chi connectivity index (χ1) is 7.43. The van der Waals surface area contributed by atoms with Crippen LogP contribution in [-0.2, 0) is 32.7 Å². The van der Waals surface area contributed by atoms with Crippen molar-refractivity contribution in [1.82, 2.24) is 4.98 Å². The number of carbonyl (C=O) groups is 1. The summed E-state index contributed by atoms with van der Waals surface area (Å²) in [5, 5.41) is 0.996. The van der Waals surface area contributed by atoms with Gasteiger partial charge in [0.25, 0.3) is 0 Å². The van der Waals surface area contributed by atoms with Gasteiger partial charge in [-0.05, 0) is 49.8 Å². The smallest absolute Gasteiger partial charge is 0.128 e. The van der Waals surface area contributed by atoms with Gasteiger partial charge in [-0.2, -0.15) is 0 Å². The van der Waals surface area contributed by atoms with Crippen LogP contribution < -0.4 is 4.98 Å². The third-order valence-electron chi connectivity index (χ3n) is 3.32. The minimum Gasteiger partial charge on any atom is -0.654 e. The largest absolute Gasteiger partial charge is 0.654 e. The van der Waals surface area contributed by atoms with E-state index in [9.17, 15) is 4.79 Å². The van der Waals surface area contributed by atoms with Crippen LogP contribution in [0.5, 0.6) is 0 Å². The van der Waals surface area contributed by atoms with Gasteiger partial charge in [-0.3, -0.25) is 4.79 Å². The predicted molar refractivity (Wildman–Crippen MR) is 61.6 cm³/mol. The summed E-state index contributed by atoms with van der Waals surface area (Å²) in [5.74, 6) is 0. The zero-order valence-corrected chi connectivity index (χ0v) is 12.8. The maximum absolute atomic E-state index is 11.0. The van der Waals surface area contributed by atoms with Gasteiger partial charge in [-0.25, -0.2) is 0 Å². The van der Waals surface area contributed by atoms with Crippen LogP contribution in [0.1, 0.15) is 34.1 Å². The normalized spacial score (nSPS) is 11.1. The molecule has 1 radical (unpaired) electrons. The van der Waals surface area contributed by atoms with Crippen LogP contribution >= 0.6 is 0 Å². The van der Waals surface area contributed by atoms with Crippen molar-refractivity contribution in [3.8, 4) is 0 Å². The van der Waals surface area contributed by atoms with E-state index in [0.717, 1.165) is 22.0 Å². The molecule has 1 aromatic carbocycles. The van der Waals surface area contributed by atoms with E-state index in [0.29, 0.717) is 0 Å². The van der Waals surface area contributed by atoms with E-state index in [-0.39, 0.29) is 38.4 Å². The maximum atomic E-state index is 11.0. The SMILES string of the molecule is [2H]C(=O)c1cc2c(C)c(C)c(C)c(C)c2[n-]1.[Y]. The molecule has 2 rings (SSSR count). The molecule has 0 saturated carbocycles. The second-order valence-electron chi connectivity index (χ2n) is 4.01. The van der Waals surface area contributed by atoms with Gasteiger partial charge in [0.05, 0.1) is 0 Å². The van der Waals surface area contributed by atoms with Crippen LogP contribution in [0.2, 0.25) is 0 Å². The number of nitrogens with zero attached hydrogens (tertiary/aromatic N) is 1. The van der Waals surface area contributed by atoms with Gasteiger partial charge in [0.2, 0.25) is 0 Å². The molecular weight excluding hydrogens is 275 g/mol. The Labute approximate surface area is 122 Å². The number of carbonyl (C=O) groups excluding carboxylic acids is 1. The third kappa shape index (κ3) is 1.89. The summed E-state index contributed by atoms with van der Waals surface area (Å²) >= 11 is 0. The van der Waals surface area contributed by atoms with Crippen LogP contribution in [0.15, 0.2) is 6.07 Å². The van der Waals surface area contributed by atoms with Crippen LogP contribution in [0.25, 0.3) is 10.9 Å². The molecule has 0 bridgehead atoms. The molecule has 0 aliphatic carbocycles. The van der Waals surface area contributed by atoms with Crippen molar-refractivity contribution in [2.45, 2.75) is 27.7 Å². The molecule has 0 N–H and O–H groups in total. The standard InChI is InChI=1S/C13H15NO.Y/c1-7-8(2)10(4)13-12(9(7)3)5-11(6-15)14-13;/h5-6H,1-4H3,(H,14,15);/p-1/i6D;. The fourth-order valence-corrected chi connectivity index (χ4v) is 1.98. The molecule has 2 nitrogen and oxygen atoms in total. The molecule has 3 heteroatoms. The van der Waals surface area contributed by atoms with Gasteiger partial charge in [0.1, 0.15) is 7.63 Å².